The molecule has 5 rings (SSSR count). The predicted molar refractivity (Wildman–Crippen MR) is 187 cm³/mol. The Hall–Kier alpha value is -2.12. The van der Waals surface area contributed by atoms with Crippen LogP contribution in [0.5, 0.6) is 0 Å². The van der Waals surface area contributed by atoms with Crippen molar-refractivity contribution in [3.05, 3.63) is 0 Å². The zero-order chi connectivity index (χ0) is 35.9. The minimum atomic E-state index is -3.38. The zero-order valence-corrected chi connectivity index (χ0v) is 31.4. The lowest BCUT2D eigenvalue weighted by atomic mass is 9.71. The number of urea groups is 1. The first-order valence-corrected chi connectivity index (χ1v) is 20.5. The maximum absolute atomic E-state index is 14.5. The standard InChI is InChI=1S/C34H53Cl2N5O7S/c1-5-6-11-22(26(42)29(44)37-21-13-14-21)38-28(43)25-24-20(18-34(24,35)36)19-41(25)30(45)27(32(2,3)4)39-31(46)40-33(15-8-7-9-16-33)23-12-10-17-49(23,47)48/h20-25,27H,5-19H2,1-4H3,(H,37,44)(H,38,43)(H2,39,40,46). The number of carbonyl (C=O) groups excluding carboxylic acids is 5. The first kappa shape index (κ1) is 38.1. The maximum Gasteiger partial charge on any atom is 0.315 e. The van der Waals surface area contributed by atoms with E-state index < -0.39 is 84.0 Å². The van der Waals surface area contributed by atoms with Crippen LogP contribution in [0.1, 0.15) is 111 Å². The van der Waals surface area contributed by atoms with Gasteiger partial charge in [-0.1, -0.05) is 59.8 Å². The van der Waals surface area contributed by atoms with E-state index in [0.29, 0.717) is 38.5 Å². The van der Waals surface area contributed by atoms with Gasteiger partial charge < -0.3 is 26.2 Å². The zero-order valence-electron chi connectivity index (χ0n) is 29.1. The number of hydrogen-bond donors (Lipinski definition) is 4. The molecule has 0 aromatic rings. The molecule has 5 fully saturated rings. The smallest absolute Gasteiger partial charge is 0.315 e. The molecule has 5 amide bonds. The molecule has 15 heteroatoms. The Morgan fingerprint density at radius 1 is 0.959 bits per heavy atom. The minimum Gasteiger partial charge on any atom is -0.347 e. The molecule has 0 aromatic carbocycles. The van der Waals surface area contributed by atoms with Crippen molar-refractivity contribution in [2.45, 2.75) is 150 Å². The van der Waals surface area contributed by atoms with Crippen LogP contribution in [0.25, 0.3) is 0 Å². The number of nitrogens with zero attached hydrogens (tertiary/aromatic N) is 1. The van der Waals surface area contributed by atoms with Gasteiger partial charge in [0.15, 0.2) is 9.84 Å². The number of likely N-dealkylation sites (tertiary alicyclic amines) is 1. The molecule has 0 spiro atoms. The van der Waals surface area contributed by atoms with Crippen LogP contribution < -0.4 is 21.3 Å². The van der Waals surface area contributed by atoms with E-state index in [-0.39, 0.29) is 30.7 Å². The molecular formula is C34H53Cl2N5O7S. The Kier molecular flexibility index (Phi) is 11.3. The molecule has 3 saturated carbocycles. The third kappa shape index (κ3) is 8.19. The van der Waals surface area contributed by atoms with Crippen molar-refractivity contribution in [2.75, 3.05) is 12.3 Å². The van der Waals surface area contributed by atoms with Crippen LogP contribution in [0, 0.1) is 17.3 Å². The number of unbranched alkanes of at least 4 members (excludes halogenated alkanes) is 1. The predicted octanol–water partition coefficient (Wildman–Crippen LogP) is 3.52. The second-order valence-corrected chi connectivity index (χ2v) is 20.0. The van der Waals surface area contributed by atoms with E-state index in [1.165, 1.54) is 4.90 Å². The number of alkyl halides is 2. The van der Waals surface area contributed by atoms with Gasteiger partial charge in [0.1, 0.15) is 16.4 Å². The van der Waals surface area contributed by atoms with Gasteiger partial charge in [-0.25, -0.2) is 13.2 Å². The molecule has 0 aromatic heterocycles. The highest BCUT2D eigenvalue weighted by atomic mass is 35.5. The van der Waals surface area contributed by atoms with Crippen LogP contribution >= 0.6 is 23.2 Å². The van der Waals surface area contributed by atoms with Crippen LogP contribution in [0.3, 0.4) is 0 Å². The average Bonchev–Trinajstić information content (AvgIpc) is 3.66. The highest BCUT2D eigenvalue weighted by Crippen LogP contribution is 2.58. The third-order valence-corrected chi connectivity index (χ3v) is 14.5. The number of nitrogens with one attached hydrogen (secondary N) is 4. The summed E-state index contributed by atoms with van der Waals surface area (Å²) in [6.45, 7) is 7.53. The lowest BCUT2D eigenvalue weighted by molar-refractivity contribution is -0.144. The molecule has 276 valence electrons. The van der Waals surface area contributed by atoms with Gasteiger partial charge in [0.25, 0.3) is 5.91 Å². The Morgan fingerprint density at radius 3 is 2.18 bits per heavy atom. The van der Waals surface area contributed by atoms with Crippen molar-refractivity contribution in [1.29, 1.82) is 0 Å². The summed E-state index contributed by atoms with van der Waals surface area (Å²) in [5, 5.41) is 10.7. The summed E-state index contributed by atoms with van der Waals surface area (Å²) in [7, 11) is -3.38. The molecule has 0 radical (unpaired) electrons. The van der Waals surface area contributed by atoms with E-state index in [9.17, 15) is 32.4 Å². The fourth-order valence-electron chi connectivity index (χ4n) is 8.46. The highest BCUT2D eigenvalue weighted by Gasteiger charge is 2.64. The van der Waals surface area contributed by atoms with E-state index in [1.807, 2.05) is 6.92 Å². The summed E-state index contributed by atoms with van der Waals surface area (Å²) in [5.74, 6) is -3.28. The van der Waals surface area contributed by atoms with Crippen LogP contribution in [0.2, 0.25) is 0 Å². The fourth-order valence-corrected chi connectivity index (χ4v) is 11.8. The maximum atomic E-state index is 14.5. The third-order valence-electron chi connectivity index (χ3n) is 11.2. The summed E-state index contributed by atoms with van der Waals surface area (Å²) in [6.07, 6.45) is 8.25. The largest absolute Gasteiger partial charge is 0.347 e. The Balaban J connectivity index is 1.37. The summed E-state index contributed by atoms with van der Waals surface area (Å²) in [6, 6.07) is -3.96. The highest BCUT2D eigenvalue weighted by molar-refractivity contribution is 7.92. The number of Topliss-reactive ketones (excluding diaryl/α,β-unsaturated/α-hetero) is 1. The van der Waals surface area contributed by atoms with Crippen molar-refractivity contribution >= 4 is 62.6 Å². The van der Waals surface area contributed by atoms with Gasteiger partial charge in [-0.2, -0.15) is 0 Å². The van der Waals surface area contributed by atoms with Gasteiger partial charge in [-0.3, -0.25) is 19.2 Å². The Labute approximate surface area is 300 Å². The van der Waals surface area contributed by atoms with Crippen molar-refractivity contribution in [3.63, 3.8) is 0 Å². The molecule has 2 aliphatic heterocycles. The fraction of sp³-hybridized carbons (Fsp3) is 0.853. The summed E-state index contributed by atoms with van der Waals surface area (Å²) < 4.78 is 24.8. The van der Waals surface area contributed by atoms with E-state index in [0.717, 1.165) is 38.5 Å². The monoisotopic (exact) mass is 745 g/mol. The number of carbonyl (C=O) groups is 5. The molecule has 12 nitrogen and oxygen atoms in total. The molecule has 0 bridgehead atoms. The normalized spacial score (nSPS) is 29.5. The van der Waals surface area contributed by atoms with E-state index in [4.69, 9.17) is 23.2 Å². The summed E-state index contributed by atoms with van der Waals surface area (Å²) >= 11 is 13.3. The van der Waals surface area contributed by atoms with Crippen LogP contribution in [0.15, 0.2) is 0 Å². The Bertz CT molecular complexity index is 1420. The Morgan fingerprint density at radius 2 is 1.63 bits per heavy atom. The van der Waals surface area contributed by atoms with Crippen molar-refractivity contribution in [2.24, 2.45) is 17.3 Å². The average molecular weight is 747 g/mol. The number of halogens is 2. The van der Waals surface area contributed by atoms with Crippen LogP contribution in [-0.4, -0.2) is 94.4 Å². The molecule has 2 saturated heterocycles. The first-order valence-electron chi connectivity index (χ1n) is 18.0. The second kappa shape index (κ2) is 14.5. The number of fused-ring (bicyclic) bond motifs is 1. The van der Waals surface area contributed by atoms with E-state index in [2.05, 4.69) is 21.3 Å². The van der Waals surface area contributed by atoms with Gasteiger partial charge >= 0.3 is 6.03 Å². The summed E-state index contributed by atoms with van der Waals surface area (Å²) in [5.41, 5.74) is -1.73. The van der Waals surface area contributed by atoms with Gasteiger partial charge in [0.2, 0.25) is 17.6 Å². The van der Waals surface area contributed by atoms with Crippen molar-refractivity contribution < 1.29 is 32.4 Å². The molecule has 3 aliphatic carbocycles. The minimum absolute atomic E-state index is 0.0274. The van der Waals surface area contributed by atoms with E-state index in [1.54, 1.807) is 20.8 Å². The molecule has 6 atom stereocenters. The van der Waals surface area contributed by atoms with Crippen LogP contribution in [-0.2, 0) is 29.0 Å². The van der Waals surface area contributed by atoms with Gasteiger partial charge in [-0.15, -0.1) is 23.2 Å². The van der Waals surface area contributed by atoms with Gasteiger partial charge in [-0.05, 0) is 62.7 Å². The quantitative estimate of drug-likeness (QED) is 0.175. The van der Waals surface area contributed by atoms with Crippen LogP contribution in [0.4, 0.5) is 4.79 Å². The lowest BCUT2D eigenvalue weighted by Crippen LogP contribution is -2.65. The number of sulfone groups is 1. The molecular weight excluding hydrogens is 693 g/mol. The summed E-state index contributed by atoms with van der Waals surface area (Å²) in [4.78, 5) is 69.7. The topological polar surface area (TPSA) is 171 Å². The number of rotatable bonds is 12. The molecule has 6 unspecified atom stereocenters. The number of ketones is 1. The molecule has 2 heterocycles. The first-order chi connectivity index (χ1) is 22.9. The van der Waals surface area contributed by atoms with Crippen molar-refractivity contribution in [1.82, 2.24) is 26.2 Å². The second-order valence-electron chi connectivity index (χ2n) is 16.1. The SMILES string of the molecule is CCCCC(NC(=O)C1C2C(CN1C(=O)C(NC(=O)NC1(C3CCCS3(=O)=O)CCCCC1)C(C)(C)C)CC2(Cl)Cl)C(=O)C(=O)NC1CC1. The van der Waals surface area contributed by atoms with Gasteiger partial charge in [0.05, 0.1) is 22.6 Å². The van der Waals surface area contributed by atoms with Gasteiger partial charge in [0, 0.05) is 18.5 Å². The molecule has 5 aliphatic rings. The van der Waals surface area contributed by atoms with E-state index >= 15 is 0 Å². The number of hydrogen-bond acceptors (Lipinski definition) is 7. The number of amides is 5. The molecule has 49 heavy (non-hydrogen) atoms. The van der Waals surface area contributed by atoms with Crippen molar-refractivity contribution in [3.8, 4) is 0 Å². The lowest BCUT2D eigenvalue weighted by Gasteiger charge is -2.45. The molecule has 4 N–H and O–H groups in total.